The van der Waals surface area contributed by atoms with E-state index < -0.39 is 0 Å². The van der Waals surface area contributed by atoms with Crippen molar-refractivity contribution in [3.05, 3.63) is 0 Å². The highest BCUT2D eigenvalue weighted by atomic mass is 16.2. The van der Waals surface area contributed by atoms with E-state index in [1.54, 1.807) is 6.92 Å². The largest absolute Gasteiger partial charge is 0.342 e. The normalized spacial score (nSPS) is 32.3. The van der Waals surface area contributed by atoms with Gasteiger partial charge in [0.05, 0.1) is 0 Å². The van der Waals surface area contributed by atoms with Crippen LogP contribution in [0, 0.1) is 23.2 Å². The van der Waals surface area contributed by atoms with Crippen LogP contribution in [-0.2, 0) is 9.59 Å². The molecule has 3 heterocycles. The molecule has 4 rings (SSSR count). The Labute approximate surface area is 164 Å². The molecular weight excluding hydrogens is 338 g/mol. The van der Waals surface area contributed by atoms with Gasteiger partial charge in [-0.2, -0.15) is 0 Å². The van der Waals surface area contributed by atoms with Gasteiger partial charge in [0.25, 0.3) is 0 Å². The van der Waals surface area contributed by atoms with Crippen LogP contribution in [0.3, 0.4) is 0 Å². The van der Waals surface area contributed by atoms with E-state index >= 15 is 0 Å². The Bertz CT molecular complexity index is 534. The predicted octanol–water partition coefficient (Wildman–Crippen LogP) is 2.31. The SMILES string of the molecule is CC(=O)C1CCC(C(=O)N2CCC(CN3CCC4(CC3)CNC4)CC2)CC1. The molecule has 0 aromatic heterocycles. The molecule has 0 aromatic carbocycles. The third kappa shape index (κ3) is 4.40. The van der Waals surface area contributed by atoms with E-state index in [2.05, 4.69) is 15.1 Å². The molecule has 5 heteroatoms. The minimum absolute atomic E-state index is 0.173. The van der Waals surface area contributed by atoms with E-state index in [1.165, 1.54) is 45.6 Å². The number of ketones is 1. The molecule has 0 unspecified atom stereocenters. The summed E-state index contributed by atoms with van der Waals surface area (Å²) in [6, 6.07) is 0. The molecule has 3 saturated heterocycles. The second-order valence-electron chi connectivity index (χ2n) is 9.83. The number of likely N-dealkylation sites (tertiary alicyclic amines) is 2. The van der Waals surface area contributed by atoms with Gasteiger partial charge in [-0.15, -0.1) is 0 Å². The van der Waals surface area contributed by atoms with Crippen LogP contribution < -0.4 is 5.32 Å². The molecular formula is C22H37N3O2. The van der Waals surface area contributed by atoms with Gasteiger partial charge in [0.2, 0.25) is 5.91 Å². The summed E-state index contributed by atoms with van der Waals surface area (Å²) in [6.07, 6.45) is 8.69. The van der Waals surface area contributed by atoms with E-state index in [9.17, 15) is 9.59 Å². The van der Waals surface area contributed by atoms with Crippen LogP contribution in [-0.4, -0.2) is 67.3 Å². The zero-order chi connectivity index (χ0) is 18.9. The summed E-state index contributed by atoms with van der Waals surface area (Å²) in [7, 11) is 0. The lowest BCUT2D eigenvalue weighted by molar-refractivity contribution is -0.139. The molecule has 0 radical (unpaired) electrons. The van der Waals surface area contributed by atoms with Gasteiger partial charge < -0.3 is 15.1 Å². The minimum Gasteiger partial charge on any atom is -0.342 e. The second-order valence-corrected chi connectivity index (χ2v) is 9.83. The Hall–Kier alpha value is -0.940. The van der Waals surface area contributed by atoms with Crippen molar-refractivity contribution in [1.82, 2.24) is 15.1 Å². The molecule has 27 heavy (non-hydrogen) atoms. The van der Waals surface area contributed by atoms with Crippen molar-refractivity contribution in [3.8, 4) is 0 Å². The van der Waals surface area contributed by atoms with Crippen LogP contribution in [0.2, 0.25) is 0 Å². The van der Waals surface area contributed by atoms with Gasteiger partial charge >= 0.3 is 0 Å². The van der Waals surface area contributed by atoms with E-state index in [0.29, 0.717) is 17.1 Å². The number of hydrogen-bond acceptors (Lipinski definition) is 4. The summed E-state index contributed by atoms with van der Waals surface area (Å²) in [5, 5.41) is 3.45. The van der Waals surface area contributed by atoms with E-state index in [-0.39, 0.29) is 11.8 Å². The first-order valence-corrected chi connectivity index (χ1v) is 11.3. The van der Waals surface area contributed by atoms with Crippen LogP contribution in [0.25, 0.3) is 0 Å². The van der Waals surface area contributed by atoms with Crippen molar-refractivity contribution >= 4 is 11.7 Å². The van der Waals surface area contributed by atoms with Crippen molar-refractivity contribution in [3.63, 3.8) is 0 Å². The molecule has 5 nitrogen and oxygen atoms in total. The van der Waals surface area contributed by atoms with Gasteiger partial charge in [-0.05, 0) is 82.7 Å². The van der Waals surface area contributed by atoms with Gasteiger partial charge in [0.15, 0.2) is 0 Å². The highest BCUT2D eigenvalue weighted by molar-refractivity contribution is 5.81. The van der Waals surface area contributed by atoms with E-state index in [0.717, 1.165) is 57.5 Å². The maximum absolute atomic E-state index is 12.9. The fourth-order valence-electron chi connectivity index (χ4n) is 5.75. The summed E-state index contributed by atoms with van der Waals surface area (Å²) >= 11 is 0. The Morgan fingerprint density at radius 3 is 2.00 bits per heavy atom. The van der Waals surface area contributed by atoms with Crippen molar-refractivity contribution in [2.24, 2.45) is 23.2 Å². The van der Waals surface area contributed by atoms with E-state index in [1.807, 2.05) is 0 Å². The van der Waals surface area contributed by atoms with Crippen LogP contribution in [0.4, 0.5) is 0 Å². The van der Waals surface area contributed by atoms with Gasteiger partial charge in [-0.25, -0.2) is 0 Å². The van der Waals surface area contributed by atoms with Crippen molar-refractivity contribution < 1.29 is 9.59 Å². The molecule has 0 aromatic rings. The van der Waals surface area contributed by atoms with Crippen LogP contribution in [0.1, 0.15) is 58.3 Å². The lowest BCUT2D eigenvalue weighted by Gasteiger charge is -2.49. The highest BCUT2D eigenvalue weighted by Gasteiger charge is 2.40. The van der Waals surface area contributed by atoms with Crippen molar-refractivity contribution in [2.75, 3.05) is 45.8 Å². The van der Waals surface area contributed by atoms with Crippen LogP contribution in [0.5, 0.6) is 0 Å². The second kappa shape index (κ2) is 8.20. The summed E-state index contributed by atoms with van der Waals surface area (Å²) < 4.78 is 0. The van der Waals surface area contributed by atoms with Gasteiger partial charge in [0.1, 0.15) is 5.78 Å². The molecule has 1 N–H and O–H groups in total. The summed E-state index contributed by atoms with van der Waals surface area (Å²) in [5.74, 6) is 1.81. The lowest BCUT2D eigenvalue weighted by Crippen LogP contribution is -2.58. The number of nitrogens with one attached hydrogen (secondary N) is 1. The lowest BCUT2D eigenvalue weighted by atomic mass is 9.73. The highest BCUT2D eigenvalue weighted by Crippen LogP contribution is 2.36. The zero-order valence-corrected chi connectivity index (χ0v) is 17.0. The first-order valence-electron chi connectivity index (χ1n) is 11.3. The smallest absolute Gasteiger partial charge is 0.225 e. The molecule has 152 valence electrons. The molecule has 4 fully saturated rings. The number of amides is 1. The third-order valence-electron chi connectivity index (χ3n) is 8.01. The summed E-state index contributed by atoms with van der Waals surface area (Å²) in [6.45, 7) is 9.81. The number of piperidine rings is 2. The van der Waals surface area contributed by atoms with E-state index in [4.69, 9.17) is 0 Å². The van der Waals surface area contributed by atoms with Gasteiger partial charge in [0, 0.05) is 44.6 Å². The first-order chi connectivity index (χ1) is 13.0. The first kappa shape index (κ1) is 19.4. The molecule has 3 aliphatic heterocycles. The summed E-state index contributed by atoms with van der Waals surface area (Å²) in [5.41, 5.74) is 0.633. The average Bonchev–Trinajstić information content (AvgIpc) is 2.67. The van der Waals surface area contributed by atoms with Crippen LogP contribution >= 0.6 is 0 Å². The fraction of sp³-hybridized carbons (Fsp3) is 0.909. The Morgan fingerprint density at radius 2 is 1.48 bits per heavy atom. The molecule has 1 amide bonds. The number of hydrogen-bond donors (Lipinski definition) is 1. The van der Waals surface area contributed by atoms with Crippen LogP contribution in [0.15, 0.2) is 0 Å². The predicted molar refractivity (Wildman–Crippen MR) is 106 cm³/mol. The summed E-state index contributed by atoms with van der Waals surface area (Å²) in [4.78, 5) is 29.2. The molecule has 1 saturated carbocycles. The molecule has 0 bridgehead atoms. The molecule has 0 atom stereocenters. The third-order valence-corrected chi connectivity index (χ3v) is 8.01. The number of nitrogens with zero attached hydrogens (tertiary/aromatic N) is 2. The topological polar surface area (TPSA) is 52.7 Å². The Balaban J connectivity index is 1.17. The molecule has 4 aliphatic rings. The van der Waals surface area contributed by atoms with Crippen molar-refractivity contribution in [2.45, 2.75) is 58.3 Å². The average molecular weight is 376 g/mol. The maximum atomic E-state index is 12.9. The number of carbonyl (C=O) groups excluding carboxylic acids is 2. The van der Waals surface area contributed by atoms with Gasteiger partial charge in [-0.1, -0.05) is 0 Å². The molecule has 1 spiro atoms. The maximum Gasteiger partial charge on any atom is 0.225 e. The monoisotopic (exact) mass is 375 g/mol. The number of Topliss-reactive ketones (excluding diaryl/α,β-unsaturated/α-hetero) is 1. The quantitative estimate of drug-likeness (QED) is 0.819. The number of rotatable bonds is 4. The van der Waals surface area contributed by atoms with Crippen molar-refractivity contribution in [1.29, 1.82) is 0 Å². The standard InChI is InChI=1S/C22H37N3O2/c1-17(26)19-2-4-20(5-3-19)21(27)25-10-6-18(7-11-25)14-24-12-8-22(9-13-24)15-23-16-22/h18-20,23H,2-16H2,1H3. The number of carbonyl (C=O) groups is 2. The zero-order valence-electron chi connectivity index (χ0n) is 17.0. The Kier molecular flexibility index (Phi) is 5.89. The minimum atomic E-state index is 0.173. The molecule has 1 aliphatic carbocycles. The Morgan fingerprint density at radius 1 is 0.889 bits per heavy atom. The fourth-order valence-corrected chi connectivity index (χ4v) is 5.75. The van der Waals surface area contributed by atoms with Gasteiger partial charge in [-0.3, -0.25) is 9.59 Å².